The Morgan fingerprint density at radius 3 is 1.81 bits per heavy atom. The van der Waals surface area contributed by atoms with Crippen LogP contribution in [-0.4, -0.2) is 0 Å². The second-order valence-corrected chi connectivity index (χ2v) is 8.24. The molecular formula is C27H41BrF2N2. The van der Waals surface area contributed by atoms with Crippen LogP contribution in [0.3, 0.4) is 0 Å². The highest BCUT2D eigenvalue weighted by molar-refractivity contribution is 9.10. The predicted molar refractivity (Wildman–Crippen MR) is 144 cm³/mol. The fraction of sp³-hybridized carbons (Fsp3) is 0.407. The van der Waals surface area contributed by atoms with Crippen molar-refractivity contribution >= 4 is 33.4 Å². The van der Waals surface area contributed by atoms with Crippen molar-refractivity contribution in [1.29, 1.82) is 0 Å². The first-order valence-electron chi connectivity index (χ1n) is 10.7. The van der Waals surface area contributed by atoms with Gasteiger partial charge in [0, 0.05) is 4.47 Å². The van der Waals surface area contributed by atoms with Crippen LogP contribution in [0.4, 0.5) is 20.2 Å². The van der Waals surface area contributed by atoms with Crippen LogP contribution in [-0.2, 0) is 0 Å². The summed E-state index contributed by atoms with van der Waals surface area (Å²) in [5.41, 5.74) is 13.8. The van der Waals surface area contributed by atoms with Gasteiger partial charge in [0.25, 0.3) is 0 Å². The largest absolute Gasteiger partial charge is 0.396 e. The van der Waals surface area contributed by atoms with E-state index < -0.39 is 0 Å². The molecule has 0 aliphatic carbocycles. The number of anilines is 2. The number of hydrogen-bond acceptors (Lipinski definition) is 2. The summed E-state index contributed by atoms with van der Waals surface area (Å²) in [7, 11) is 0. The minimum absolute atomic E-state index is 0. The number of hydrogen-bond donors (Lipinski definition) is 2. The second-order valence-electron chi connectivity index (χ2n) is 7.33. The number of nitrogen functional groups attached to an aromatic ring is 2. The molecule has 2 aromatic carbocycles. The van der Waals surface area contributed by atoms with Crippen LogP contribution in [0.25, 0.3) is 6.08 Å². The molecule has 0 atom stereocenters. The van der Waals surface area contributed by atoms with E-state index >= 15 is 0 Å². The van der Waals surface area contributed by atoms with Gasteiger partial charge in [-0.1, -0.05) is 81.1 Å². The lowest BCUT2D eigenvalue weighted by atomic mass is 10.1. The van der Waals surface area contributed by atoms with Crippen molar-refractivity contribution in [2.45, 2.75) is 73.6 Å². The molecule has 2 rings (SSSR count). The quantitative estimate of drug-likeness (QED) is 0.221. The SMILES string of the molecule is C.C=CCCCC.CCCCC=Cc1cc(C)c(N)c(F)c1.Cc1cc(Br)cc(F)c1N. The van der Waals surface area contributed by atoms with Crippen molar-refractivity contribution in [3.63, 3.8) is 0 Å². The molecule has 32 heavy (non-hydrogen) atoms. The van der Waals surface area contributed by atoms with Crippen LogP contribution in [0.5, 0.6) is 0 Å². The van der Waals surface area contributed by atoms with E-state index in [4.69, 9.17) is 11.5 Å². The summed E-state index contributed by atoms with van der Waals surface area (Å²) >= 11 is 3.15. The minimum atomic E-state index is -0.369. The molecule has 0 bridgehead atoms. The van der Waals surface area contributed by atoms with Crippen molar-refractivity contribution in [2.75, 3.05) is 11.5 Å². The number of aryl methyl sites for hydroxylation is 2. The van der Waals surface area contributed by atoms with Gasteiger partial charge >= 0.3 is 0 Å². The van der Waals surface area contributed by atoms with Gasteiger partial charge in [-0.15, -0.1) is 6.58 Å². The third kappa shape index (κ3) is 13.3. The van der Waals surface area contributed by atoms with Crippen molar-refractivity contribution < 1.29 is 8.78 Å². The molecule has 0 heterocycles. The molecule has 0 aliphatic heterocycles. The average molecular weight is 512 g/mol. The fourth-order valence-electron chi connectivity index (χ4n) is 2.48. The Balaban J connectivity index is 0. The Morgan fingerprint density at radius 1 is 0.875 bits per heavy atom. The van der Waals surface area contributed by atoms with E-state index in [0.29, 0.717) is 0 Å². The minimum Gasteiger partial charge on any atom is -0.396 e. The lowest BCUT2D eigenvalue weighted by Crippen LogP contribution is -1.94. The first-order chi connectivity index (χ1) is 14.7. The van der Waals surface area contributed by atoms with Crippen LogP contribution < -0.4 is 11.5 Å². The zero-order valence-electron chi connectivity index (χ0n) is 19.3. The summed E-state index contributed by atoms with van der Waals surface area (Å²) in [6.45, 7) is 11.5. The zero-order chi connectivity index (χ0) is 23.8. The van der Waals surface area contributed by atoms with Gasteiger partial charge in [0.2, 0.25) is 0 Å². The standard InChI is InChI=1S/C13H18FN.C7H7BrFN.C6H12.CH4/c1-3-4-5-6-7-11-8-10(2)13(15)12(14)9-11;1-4-2-5(8)3-6(9)7(4)10;1-3-5-6-4-2;/h6-9H,3-5,15H2,1-2H3;2-3H,10H2,1H3;3H,1,4-6H2,2H3;1H4. The van der Waals surface area contributed by atoms with Crippen molar-refractivity contribution in [3.05, 3.63) is 75.8 Å². The summed E-state index contributed by atoms with van der Waals surface area (Å²) < 4.78 is 26.7. The average Bonchev–Trinajstić information content (AvgIpc) is 2.72. The van der Waals surface area contributed by atoms with Crippen LogP contribution in [0.2, 0.25) is 0 Å². The Kier molecular flexibility index (Phi) is 18.5. The normalized spacial score (nSPS) is 9.84. The molecule has 2 aromatic rings. The Morgan fingerprint density at radius 2 is 1.38 bits per heavy atom. The smallest absolute Gasteiger partial charge is 0.147 e. The number of rotatable bonds is 7. The first-order valence-corrected chi connectivity index (χ1v) is 11.5. The molecular weight excluding hydrogens is 470 g/mol. The van der Waals surface area contributed by atoms with Crippen molar-refractivity contribution in [3.8, 4) is 0 Å². The van der Waals surface area contributed by atoms with E-state index in [1.165, 1.54) is 44.2 Å². The Labute approximate surface area is 202 Å². The molecule has 0 fully saturated rings. The lowest BCUT2D eigenvalue weighted by molar-refractivity contribution is 0.630. The van der Waals surface area contributed by atoms with E-state index in [0.717, 1.165) is 27.6 Å². The molecule has 0 aliphatic rings. The van der Waals surface area contributed by atoms with E-state index in [9.17, 15) is 8.78 Å². The third-order valence-electron chi connectivity index (χ3n) is 4.46. The van der Waals surface area contributed by atoms with Gasteiger partial charge < -0.3 is 11.5 Å². The van der Waals surface area contributed by atoms with Crippen LogP contribution >= 0.6 is 15.9 Å². The maximum Gasteiger partial charge on any atom is 0.147 e. The van der Waals surface area contributed by atoms with Crippen molar-refractivity contribution in [1.82, 2.24) is 0 Å². The number of halogens is 3. The maximum absolute atomic E-state index is 13.3. The first kappa shape index (κ1) is 32.0. The molecule has 180 valence electrons. The summed E-state index contributed by atoms with van der Waals surface area (Å²) in [4.78, 5) is 0. The highest BCUT2D eigenvalue weighted by Gasteiger charge is 2.02. The highest BCUT2D eigenvalue weighted by Crippen LogP contribution is 2.21. The van der Waals surface area contributed by atoms with E-state index in [2.05, 4.69) is 42.4 Å². The number of nitrogens with two attached hydrogens (primary N) is 2. The molecule has 5 heteroatoms. The number of benzene rings is 2. The van der Waals surface area contributed by atoms with Gasteiger partial charge in [0.05, 0.1) is 11.4 Å². The summed E-state index contributed by atoms with van der Waals surface area (Å²) in [5.74, 6) is -0.697. The highest BCUT2D eigenvalue weighted by atomic mass is 79.9. The zero-order valence-corrected chi connectivity index (χ0v) is 20.9. The van der Waals surface area contributed by atoms with Gasteiger partial charge in [-0.3, -0.25) is 0 Å². The second kappa shape index (κ2) is 18.4. The van der Waals surface area contributed by atoms with Gasteiger partial charge in [-0.2, -0.15) is 0 Å². The van der Waals surface area contributed by atoms with Gasteiger partial charge in [-0.25, -0.2) is 8.78 Å². The monoisotopic (exact) mass is 510 g/mol. The van der Waals surface area contributed by atoms with Gasteiger partial charge in [0.1, 0.15) is 11.6 Å². The summed E-state index contributed by atoms with van der Waals surface area (Å²) in [5, 5.41) is 0. The molecule has 0 aromatic heterocycles. The van der Waals surface area contributed by atoms with Crippen LogP contribution in [0.15, 0.2) is 47.5 Å². The molecule has 2 nitrogen and oxygen atoms in total. The molecule has 0 spiro atoms. The van der Waals surface area contributed by atoms with Crippen LogP contribution in [0, 0.1) is 25.5 Å². The van der Waals surface area contributed by atoms with E-state index in [1.54, 1.807) is 13.0 Å². The van der Waals surface area contributed by atoms with Gasteiger partial charge in [-0.05, 0) is 67.6 Å². The Hall–Kier alpha value is -2.14. The molecule has 0 saturated heterocycles. The van der Waals surface area contributed by atoms with E-state index in [1.807, 2.05) is 25.1 Å². The lowest BCUT2D eigenvalue weighted by Gasteiger charge is -2.03. The molecule has 0 amide bonds. The van der Waals surface area contributed by atoms with Crippen molar-refractivity contribution in [2.24, 2.45) is 0 Å². The molecule has 0 unspecified atom stereocenters. The molecule has 0 radical (unpaired) electrons. The third-order valence-corrected chi connectivity index (χ3v) is 4.91. The van der Waals surface area contributed by atoms with Gasteiger partial charge in [0.15, 0.2) is 0 Å². The summed E-state index contributed by atoms with van der Waals surface area (Å²) in [6, 6.07) is 6.51. The van der Waals surface area contributed by atoms with Crippen LogP contribution in [0.1, 0.15) is 76.5 Å². The fourth-order valence-corrected chi connectivity index (χ4v) is 3.03. The molecule has 4 N–H and O–H groups in total. The van der Waals surface area contributed by atoms with E-state index in [-0.39, 0.29) is 30.4 Å². The molecule has 0 saturated carbocycles. The predicted octanol–water partition coefficient (Wildman–Crippen LogP) is 9.40. The Bertz CT molecular complexity index is 786. The topological polar surface area (TPSA) is 52.0 Å². The number of unbranched alkanes of at least 4 members (excludes halogenated alkanes) is 4. The number of allylic oxidation sites excluding steroid dienone is 2. The maximum atomic E-state index is 13.3. The summed E-state index contributed by atoms with van der Waals surface area (Å²) in [6.07, 6.45) is 13.1.